The second-order valence-corrected chi connectivity index (χ2v) is 12.6. The molecule has 49 heavy (non-hydrogen) atoms. The maximum Gasteiger partial charge on any atom is 0.272 e. The minimum Gasteiger partial charge on any atom is -0.321 e. The fourth-order valence-corrected chi connectivity index (χ4v) is 6.51. The van der Waals surface area contributed by atoms with Gasteiger partial charge >= 0.3 is 0 Å². The van der Waals surface area contributed by atoms with Crippen molar-refractivity contribution in [3.8, 4) is 11.3 Å². The number of thioether (sulfide) groups is 1. The van der Waals surface area contributed by atoms with Crippen LogP contribution in [0.4, 0.5) is 15.2 Å². The minimum absolute atomic E-state index is 0.0323. The van der Waals surface area contributed by atoms with Crippen LogP contribution in [0.15, 0.2) is 150 Å². The number of carbonyl (C=O) groups is 3. The van der Waals surface area contributed by atoms with Crippen molar-refractivity contribution in [2.24, 2.45) is 0 Å². The molecule has 6 rings (SSSR count). The van der Waals surface area contributed by atoms with Crippen LogP contribution in [0.3, 0.4) is 0 Å². The summed E-state index contributed by atoms with van der Waals surface area (Å²) in [4.78, 5) is 49.6. The highest BCUT2D eigenvalue weighted by atomic mass is 32.2. The highest BCUT2D eigenvalue weighted by molar-refractivity contribution is 8.00. The SMILES string of the molecule is O=C(Nc1cccc(SC(C(=O)Nc2nc(-c3ccc(F)cc3)cs2)c2ccccc2)c1)/C(=C/c1cccnc1)NC(=O)c1ccccc1. The molecule has 0 spiro atoms. The third kappa shape index (κ3) is 8.92. The number of hydrogen-bond donors (Lipinski definition) is 3. The quantitative estimate of drug-likeness (QED) is 0.0936. The molecule has 0 saturated heterocycles. The summed E-state index contributed by atoms with van der Waals surface area (Å²) < 4.78 is 13.4. The minimum atomic E-state index is -0.656. The van der Waals surface area contributed by atoms with Crippen molar-refractivity contribution in [2.75, 3.05) is 10.6 Å². The molecule has 1 unspecified atom stereocenters. The molecule has 3 N–H and O–H groups in total. The molecule has 0 saturated carbocycles. The first-order chi connectivity index (χ1) is 23.9. The fourth-order valence-electron chi connectivity index (χ4n) is 4.71. The topological polar surface area (TPSA) is 113 Å². The number of thiazole rings is 1. The Hall–Kier alpha value is -5.91. The number of nitrogens with one attached hydrogen (secondary N) is 3. The second-order valence-electron chi connectivity index (χ2n) is 10.6. The van der Waals surface area contributed by atoms with E-state index < -0.39 is 17.1 Å². The molecule has 6 aromatic rings. The Morgan fingerprint density at radius 3 is 2.31 bits per heavy atom. The van der Waals surface area contributed by atoms with E-state index in [4.69, 9.17) is 0 Å². The first-order valence-corrected chi connectivity index (χ1v) is 16.8. The van der Waals surface area contributed by atoms with Gasteiger partial charge < -0.3 is 16.0 Å². The van der Waals surface area contributed by atoms with E-state index in [1.54, 1.807) is 96.6 Å². The lowest BCUT2D eigenvalue weighted by molar-refractivity contribution is -0.116. The molecular weight excluding hydrogens is 658 g/mol. The van der Waals surface area contributed by atoms with Crippen molar-refractivity contribution in [1.29, 1.82) is 0 Å². The van der Waals surface area contributed by atoms with Gasteiger partial charge in [0.05, 0.1) is 5.69 Å². The van der Waals surface area contributed by atoms with Crippen molar-refractivity contribution >= 4 is 57.7 Å². The van der Waals surface area contributed by atoms with E-state index in [1.807, 2.05) is 36.4 Å². The first-order valence-electron chi connectivity index (χ1n) is 15.0. The highest BCUT2D eigenvalue weighted by Gasteiger charge is 2.24. The maximum atomic E-state index is 13.7. The largest absolute Gasteiger partial charge is 0.321 e. The lowest BCUT2D eigenvalue weighted by Crippen LogP contribution is -2.30. The van der Waals surface area contributed by atoms with Crippen molar-refractivity contribution < 1.29 is 18.8 Å². The van der Waals surface area contributed by atoms with Gasteiger partial charge in [0.25, 0.3) is 11.8 Å². The lowest BCUT2D eigenvalue weighted by atomic mass is 10.1. The van der Waals surface area contributed by atoms with E-state index in [9.17, 15) is 18.8 Å². The van der Waals surface area contributed by atoms with Crippen LogP contribution in [0.1, 0.15) is 26.7 Å². The summed E-state index contributed by atoms with van der Waals surface area (Å²) in [5, 5.41) is 10.1. The van der Waals surface area contributed by atoms with Gasteiger partial charge in [-0.05, 0) is 77.9 Å². The maximum absolute atomic E-state index is 13.7. The molecule has 2 aromatic heterocycles. The number of benzene rings is 4. The summed E-state index contributed by atoms with van der Waals surface area (Å²) in [7, 11) is 0. The molecule has 1 atom stereocenters. The average molecular weight is 686 g/mol. The predicted octanol–water partition coefficient (Wildman–Crippen LogP) is 8.23. The highest BCUT2D eigenvalue weighted by Crippen LogP contribution is 2.38. The standard InChI is InChI=1S/C38H28FN5O3S2/c39-29-18-16-26(17-19-29)33-24-48-38(43-33)44-37(47)34(27-10-3-1-4-11-27)49-31-15-7-14-30(22-31)41-36(46)32(21-25-9-8-20-40-23-25)42-35(45)28-12-5-2-6-13-28/h1-24,34H,(H,41,46)(H,42,45)(H,43,44,47)/b32-21-. The second kappa shape index (κ2) is 15.8. The van der Waals surface area contributed by atoms with E-state index in [1.165, 1.54) is 35.2 Å². The van der Waals surface area contributed by atoms with Crippen LogP contribution >= 0.6 is 23.1 Å². The summed E-state index contributed by atoms with van der Waals surface area (Å²) in [5.41, 5.74) is 3.68. The Bertz CT molecular complexity index is 2090. The predicted molar refractivity (Wildman–Crippen MR) is 192 cm³/mol. The molecular formula is C38H28FN5O3S2. The number of halogens is 1. The smallest absolute Gasteiger partial charge is 0.272 e. The van der Waals surface area contributed by atoms with Gasteiger partial charge in [-0.1, -0.05) is 60.7 Å². The molecule has 8 nitrogen and oxygen atoms in total. The first kappa shape index (κ1) is 33.0. The van der Waals surface area contributed by atoms with Crippen LogP contribution in [-0.4, -0.2) is 27.7 Å². The molecule has 0 aliphatic heterocycles. The lowest BCUT2D eigenvalue weighted by Gasteiger charge is -2.17. The van der Waals surface area contributed by atoms with Crippen molar-refractivity contribution in [1.82, 2.24) is 15.3 Å². The Morgan fingerprint density at radius 1 is 0.816 bits per heavy atom. The molecule has 11 heteroatoms. The van der Waals surface area contributed by atoms with E-state index in [0.717, 1.165) is 16.0 Å². The summed E-state index contributed by atoms with van der Waals surface area (Å²) in [6, 6.07) is 34.6. The molecule has 4 aromatic carbocycles. The van der Waals surface area contributed by atoms with Gasteiger partial charge in [-0.25, -0.2) is 9.37 Å². The molecule has 242 valence electrons. The van der Waals surface area contributed by atoms with Crippen LogP contribution in [0.25, 0.3) is 17.3 Å². The number of amides is 3. The van der Waals surface area contributed by atoms with Gasteiger partial charge in [0.1, 0.15) is 16.8 Å². The Labute approximate surface area is 290 Å². The summed E-state index contributed by atoms with van der Waals surface area (Å²) in [5.74, 6) is -1.59. The van der Waals surface area contributed by atoms with E-state index in [2.05, 4.69) is 25.9 Å². The van der Waals surface area contributed by atoms with Crippen LogP contribution in [0.2, 0.25) is 0 Å². The van der Waals surface area contributed by atoms with Crippen LogP contribution < -0.4 is 16.0 Å². The molecule has 0 radical (unpaired) electrons. The van der Waals surface area contributed by atoms with Crippen LogP contribution in [-0.2, 0) is 9.59 Å². The third-order valence-corrected chi connectivity index (χ3v) is 9.09. The Balaban J connectivity index is 1.20. The molecule has 0 aliphatic carbocycles. The zero-order valence-electron chi connectivity index (χ0n) is 25.7. The molecule has 3 amide bonds. The van der Waals surface area contributed by atoms with Crippen molar-refractivity contribution in [3.63, 3.8) is 0 Å². The van der Waals surface area contributed by atoms with Crippen molar-refractivity contribution in [3.05, 3.63) is 167 Å². The van der Waals surface area contributed by atoms with Gasteiger partial charge in [-0.3, -0.25) is 19.4 Å². The van der Waals surface area contributed by atoms with Crippen LogP contribution in [0.5, 0.6) is 0 Å². The average Bonchev–Trinajstić information content (AvgIpc) is 3.60. The van der Waals surface area contributed by atoms with Gasteiger partial charge in [0.15, 0.2) is 5.13 Å². The summed E-state index contributed by atoms with van der Waals surface area (Å²) >= 11 is 2.59. The van der Waals surface area contributed by atoms with E-state index >= 15 is 0 Å². The Morgan fingerprint density at radius 2 is 1.57 bits per heavy atom. The summed E-state index contributed by atoms with van der Waals surface area (Å²) in [6.45, 7) is 0. The number of nitrogens with zero attached hydrogens (tertiary/aromatic N) is 2. The van der Waals surface area contributed by atoms with E-state index in [-0.39, 0.29) is 17.4 Å². The fraction of sp³-hybridized carbons (Fsp3) is 0.0263. The Kier molecular flexibility index (Phi) is 10.6. The molecule has 2 heterocycles. The van der Waals surface area contributed by atoms with Gasteiger partial charge in [0, 0.05) is 39.5 Å². The van der Waals surface area contributed by atoms with Gasteiger partial charge in [-0.2, -0.15) is 0 Å². The number of anilines is 2. The summed E-state index contributed by atoms with van der Waals surface area (Å²) in [6.07, 6.45) is 4.76. The van der Waals surface area contributed by atoms with Gasteiger partial charge in [0.2, 0.25) is 5.91 Å². The van der Waals surface area contributed by atoms with Gasteiger partial charge in [-0.15, -0.1) is 23.1 Å². The third-order valence-electron chi connectivity index (χ3n) is 7.08. The number of hydrogen-bond acceptors (Lipinski definition) is 7. The molecule has 0 bridgehead atoms. The van der Waals surface area contributed by atoms with Crippen molar-refractivity contribution in [2.45, 2.75) is 10.1 Å². The zero-order chi connectivity index (χ0) is 34.0. The normalized spacial score (nSPS) is 11.7. The monoisotopic (exact) mass is 685 g/mol. The molecule has 0 aliphatic rings. The number of aromatic nitrogens is 2. The number of rotatable bonds is 11. The zero-order valence-corrected chi connectivity index (χ0v) is 27.4. The van der Waals surface area contributed by atoms with E-state index in [0.29, 0.717) is 27.6 Å². The number of pyridine rings is 1. The van der Waals surface area contributed by atoms with Crippen LogP contribution in [0, 0.1) is 5.82 Å². The molecule has 0 fully saturated rings. The number of carbonyl (C=O) groups excluding carboxylic acids is 3.